The molecule has 0 fully saturated rings. The zero-order valence-corrected chi connectivity index (χ0v) is 11.8. The van der Waals surface area contributed by atoms with E-state index in [1.165, 1.54) is 12.5 Å². The average molecular weight is 281 g/mol. The topological polar surface area (TPSA) is 75.6 Å². The minimum atomic E-state index is -0.213. The number of rotatable bonds is 3. The summed E-state index contributed by atoms with van der Waals surface area (Å²) in [6, 6.07) is 7.60. The lowest BCUT2D eigenvalue weighted by Gasteiger charge is -2.08. The highest BCUT2D eigenvalue weighted by atomic mass is 16.1. The van der Waals surface area contributed by atoms with E-state index < -0.39 is 0 Å². The van der Waals surface area contributed by atoms with Crippen LogP contribution < -0.4 is 5.32 Å². The van der Waals surface area contributed by atoms with Gasteiger partial charge in [-0.05, 0) is 38.1 Å². The number of aromatic nitrogens is 4. The first kappa shape index (κ1) is 13.1. The lowest BCUT2D eigenvalue weighted by Crippen LogP contribution is -2.12. The van der Waals surface area contributed by atoms with Crippen molar-refractivity contribution >= 4 is 11.6 Å². The highest BCUT2D eigenvalue weighted by Crippen LogP contribution is 2.17. The molecule has 0 atom stereocenters. The van der Waals surface area contributed by atoms with Gasteiger partial charge in [0.25, 0.3) is 5.91 Å². The van der Waals surface area contributed by atoms with Gasteiger partial charge in [0.2, 0.25) is 0 Å². The van der Waals surface area contributed by atoms with Crippen molar-refractivity contribution in [2.75, 3.05) is 5.32 Å². The Morgan fingerprint density at radius 3 is 2.57 bits per heavy atom. The molecule has 2 aromatic heterocycles. The number of hydrogen-bond acceptors (Lipinski definition) is 3. The highest BCUT2D eigenvalue weighted by molar-refractivity contribution is 6.02. The second kappa shape index (κ2) is 5.24. The van der Waals surface area contributed by atoms with Crippen LogP contribution in [0.5, 0.6) is 0 Å². The summed E-state index contributed by atoms with van der Waals surface area (Å²) in [6.07, 6.45) is 4.76. The number of amides is 1. The minimum absolute atomic E-state index is 0.213. The van der Waals surface area contributed by atoms with Crippen molar-refractivity contribution in [2.45, 2.75) is 13.8 Å². The predicted octanol–water partition coefficient (Wildman–Crippen LogP) is 2.46. The number of aryl methyl sites for hydroxylation is 1. The van der Waals surface area contributed by atoms with Crippen molar-refractivity contribution in [3.05, 3.63) is 60.2 Å². The average Bonchev–Trinajstić information content (AvgIpc) is 3.12. The Hall–Kier alpha value is -2.89. The second-order valence-corrected chi connectivity index (χ2v) is 4.75. The maximum absolute atomic E-state index is 11.9. The van der Waals surface area contributed by atoms with Gasteiger partial charge >= 0.3 is 0 Å². The maximum Gasteiger partial charge on any atom is 0.273 e. The highest BCUT2D eigenvalue weighted by Gasteiger charge is 2.08. The van der Waals surface area contributed by atoms with Gasteiger partial charge < -0.3 is 14.9 Å². The first-order valence-corrected chi connectivity index (χ1v) is 6.56. The van der Waals surface area contributed by atoms with E-state index in [9.17, 15) is 4.79 Å². The number of hydrogen-bond donors (Lipinski definition) is 2. The Morgan fingerprint density at radius 1 is 1.24 bits per heavy atom. The normalized spacial score (nSPS) is 10.6. The van der Waals surface area contributed by atoms with Gasteiger partial charge in [0, 0.05) is 17.1 Å². The van der Waals surface area contributed by atoms with E-state index >= 15 is 0 Å². The largest absolute Gasteiger partial charge is 0.341 e. The van der Waals surface area contributed by atoms with Gasteiger partial charge in [0.05, 0.1) is 24.5 Å². The summed E-state index contributed by atoms with van der Waals surface area (Å²) in [7, 11) is 0. The van der Waals surface area contributed by atoms with Crippen LogP contribution in [-0.4, -0.2) is 25.4 Å². The third kappa shape index (κ3) is 2.55. The third-order valence-electron chi connectivity index (χ3n) is 3.40. The summed E-state index contributed by atoms with van der Waals surface area (Å²) in [6.45, 7) is 4.00. The van der Waals surface area contributed by atoms with Gasteiger partial charge in [0.15, 0.2) is 0 Å². The molecule has 3 aromatic rings. The number of aromatic amines is 1. The molecule has 21 heavy (non-hydrogen) atoms. The van der Waals surface area contributed by atoms with Crippen LogP contribution in [0, 0.1) is 13.8 Å². The number of imidazole rings is 2. The SMILES string of the molecule is Cc1ncn(-c2ccc(NC(=O)c3cnc[nH]3)cc2)c1C. The second-order valence-electron chi connectivity index (χ2n) is 4.75. The molecule has 1 aromatic carbocycles. The predicted molar refractivity (Wildman–Crippen MR) is 79.6 cm³/mol. The van der Waals surface area contributed by atoms with E-state index in [-0.39, 0.29) is 5.91 Å². The van der Waals surface area contributed by atoms with Crippen molar-refractivity contribution in [1.82, 2.24) is 19.5 Å². The molecule has 0 aliphatic heterocycles. The van der Waals surface area contributed by atoms with E-state index in [4.69, 9.17) is 0 Å². The van der Waals surface area contributed by atoms with Gasteiger partial charge in [-0.15, -0.1) is 0 Å². The zero-order chi connectivity index (χ0) is 14.8. The van der Waals surface area contributed by atoms with Gasteiger partial charge in [-0.1, -0.05) is 0 Å². The van der Waals surface area contributed by atoms with Crippen molar-refractivity contribution in [3.8, 4) is 5.69 Å². The molecule has 0 radical (unpaired) electrons. The van der Waals surface area contributed by atoms with E-state index in [1.54, 1.807) is 6.33 Å². The lowest BCUT2D eigenvalue weighted by atomic mass is 10.2. The van der Waals surface area contributed by atoms with Gasteiger partial charge in [-0.25, -0.2) is 9.97 Å². The van der Waals surface area contributed by atoms with Crippen LogP contribution in [0.15, 0.2) is 43.1 Å². The monoisotopic (exact) mass is 281 g/mol. The lowest BCUT2D eigenvalue weighted by molar-refractivity contribution is 0.102. The van der Waals surface area contributed by atoms with E-state index in [0.717, 1.165) is 22.8 Å². The van der Waals surface area contributed by atoms with Crippen molar-refractivity contribution in [3.63, 3.8) is 0 Å². The van der Waals surface area contributed by atoms with Crippen LogP contribution in [0.1, 0.15) is 21.9 Å². The van der Waals surface area contributed by atoms with E-state index in [0.29, 0.717) is 5.69 Å². The Labute approximate surface area is 121 Å². The van der Waals surface area contributed by atoms with Crippen molar-refractivity contribution in [2.24, 2.45) is 0 Å². The molecule has 3 rings (SSSR count). The Morgan fingerprint density at radius 2 is 2.00 bits per heavy atom. The summed E-state index contributed by atoms with van der Waals surface area (Å²) in [5.41, 5.74) is 4.27. The maximum atomic E-state index is 11.9. The molecule has 0 unspecified atom stereocenters. The number of carbonyl (C=O) groups excluding carboxylic acids is 1. The number of H-pyrrole nitrogens is 1. The van der Waals surface area contributed by atoms with Gasteiger partial charge in [-0.2, -0.15) is 0 Å². The quantitative estimate of drug-likeness (QED) is 0.774. The number of benzene rings is 1. The fourth-order valence-corrected chi connectivity index (χ4v) is 2.04. The summed E-state index contributed by atoms with van der Waals surface area (Å²) in [5, 5.41) is 2.81. The molecule has 106 valence electrons. The molecule has 1 amide bonds. The first-order valence-electron chi connectivity index (χ1n) is 6.56. The zero-order valence-electron chi connectivity index (χ0n) is 11.8. The van der Waals surface area contributed by atoms with Crippen molar-refractivity contribution in [1.29, 1.82) is 0 Å². The summed E-state index contributed by atoms with van der Waals surface area (Å²) in [4.78, 5) is 22.8. The number of nitrogens with zero attached hydrogens (tertiary/aromatic N) is 3. The fourth-order valence-electron chi connectivity index (χ4n) is 2.04. The molecule has 0 bridgehead atoms. The minimum Gasteiger partial charge on any atom is -0.341 e. The Balaban J connectivity index is 1.78. The van der Waals surface area contributed by atoms with Crippen LogP contribution in [0.4, 0.5) is 5.69 Å². The molecule has 0 saturated heterocycles. The third-order valence-corrected chi connectivity index (χ3v) is 3.40. The van der Waals surface area contributed by atoms with Gasteiger partial charge in [-0.3, -0.25) is 4.79 Å². The molecule has 0 saturated carbocycles. The molecular weight excluding hydrogens is 266 g/mol. The molecule has 0 aliphatic rings. The molecule has 6 heteroatoms. The molecule has 2 N–H and O–H groups in total. The van der Waals surface area contributed by atoms with E-state index in [1.807, 2.05) is 42.7 Å². The fraction of sp³-hybridized carbons (Fsp3) is 0.133. The number of anilines is 1. The number of nitrogens with one attached hydrogen (secondary N) is 2. The number of carbonyl (C=O) groups is 1. The standard InChI is InChI=1S/C15H15N5O/c1-10-11(2)20(9-18-10)13-5-3-12(4-6-13)19-15(21)14-7-16-8-17-14/h3-9H,1-2H3,(H,16,17)(H,19,21). The van der Waals surface area contributed by atoms with Crippen LogP contribution in [0.25, 0.3) is 5.69 Å². The van der Waals surface area contributed by atoms with Gasteiger partial charge in [0.1, 0.15) is 5.69 Å². The van der Waals surface area contributed by atoms with Crippen LogP contribution in [0.2, 0.25) is 0 Å². The van der Waals surface area contributed by atoms with Crippen LogP contribution in [-0.2, 0) is 0 Å². The van der Waals surface area contributed by atoms with Crippen LogP contribution in [0.3, 0.4) is 0 Å². The van der Waals surface area contributed by atoms with E-state index in [2.05, 4.69) is 20.3 Å². The molecular formula is C15H15N5O. The van der Waals surface area contributed by atoms with Crippen LogP contribution >= 0.6 is 0 Å². The van der Waals surface area contributed by atoms with Crippen molar-refractivity contribution < 1.29 is 4.79 Å². The molecule has 0 spiro atoms. The summed E-state index contributed by atoms with van der Waals surface area (Å²) in [5.74, 6) is -0.213. The summed E-state index contributed by atoms with van der Waals surface area (Å²) >= 11 is 0. The Bertz CT molecular complexity index is 756. The smallest absolute Gasteiger partial charge is 0.273 e. The first-order chi connectivity index (χ1) is 10.1. The molecule has 0 aliphatic carbocycles. The molecule has 6 nitrogen and oxygen atoms in total. The Kier molecular flexibility index (Phi) is 3.27. The molecule has 2 heterocycles. The summed E-state index contributed by atoms with van der Waals surface area (Å²) < 4.78 is 2.01.